The normalized spacial score (nSPS) is 10.5. The van der Waals surface area contributed by atoms with E-state index >= 15 is 0 Å². The van der Waals surface area contributed by atoms with E-state index in [1.165, 1.54) is 12.7 Å². The van der Waals surface area contributed by atoms with Crippen LogP contribution in [0.5, 0.6) is 0 Å². The number of benzene rings is 2. The summed E-state index contributed by atoms with van der Waals surface area (Å²) in [4.78, 5) is 11.3. The molecule has 0 aliphatic heterocycles. The zero-order valence-electron chi connectivity index (χ0n) is 11.6. The molecule has 2 aromatic rings. The molecule has 20 heavy (non-hydrogen) atoms. The summed E-state index contributed by atoms with van der Waals surface area (Å²) < 4.78 is 4.61. The number of carbonyl (C=O) groups excluding carboxylic acids is 1. The molecule has 2 aromatic carbocycles. The van der Waals surface area contributed by atoms with Gasteiger partial charge in [-0.15, -0.1) is 0 Å². The topological polar surface area (TPSA) is 38.3 Å². The lowest BCUT2D eigenvalue weighted by atomic mass is 10.1. The van der Waals surface area contributed by atoms with Crippen LogP contribution in [0.4, 0.5) is 10.5 Å². The molecule has 0 saturated heterocycles. The molecule has 1 amide bonds. The molecular weight excluding hydrogens is 250 g/mol. The summed E-state index contributed by atoms with van der Waals surface area (Å²) in [5.74, 6) is 0. The van der Waals surface area contributed by atoms with E-state index in [4.69, 9.17) is 0 Å². The predicted octanol–water partition coefficient (Wildman–Crippen LogP) is 4.34. The summed E-state index contributed by atoms with van der Waals surface area (Å²) in [7, 11) is 1.35. The monoisotopic (exact) mass is 267 g/mol. The van der Waals surface area contributed by atoms with Gasteiger partial charge < -0.3 is 4.74 Å². The number of amides is 1. The Kier molecular flexibility index (Phi) is 4.56. The van der Waals surface area contributed by atoms with Crippen molar-refractivity contribution >= 4 is 23.9 Å². The molecule has 0 aromatic heterocycles. The Balaban J connectivity index is 2.22. The van der Waals surface area contributed by atoms with Crippen LogP contribution in [-0.4, -0.2) is 13.2 Å². The van der Waals surface area contributed by atoms with Gasteiger partial charge in [0.2, 0.25) is 0 Å². The van der Waals surface area contributed by atoms with Crippen molar-refractivity contribution in [3.63, 3.8) is 0 Å². The van der Waals surface area contributed by atoms with Crippen molar-refractivity contribution in [1.29, 1.82) is 0 Å². The molecule has 0 aliphatic rings. The Hall–Kier alpha value is -2.55. The van der Waals surface area contributed by atoms with E-state index in [9.17, 15) is 4.79 Å². The maximum Gasteiger partial charge on any atom is 0.411 e. The van der Waals surface area contributed by atoms with Gasteiger partial charge in [-0.3, -0.25) is 5.32 Å². The first-order valence-corrected chi connectivity index (χ1v) is 6.38. The zero-order chi connectivity index (χ0) is 14.4. The van der Waals surface area contributed by atoms with E-state index < -0.39 is 6.09 Å². The highest BCUT2D eigenvalue weighted by molar-refractivity contribution is 5.89. The summed E-state index contributed by atoms with van der Waals surface area (Å²) in [6, 6.07) is 15.8. The molecule has 0 atom stereocenters. The Morgan fingerprint density at radius 1 is 1.10 bits per heavy atom. The van der Waals surface area contributed by atoms with Crippen LogP contribution in [0.25, 0.3) is 12.2 Å². The molecule has 0 fully saturated rings. The van der Waals surface area contributed by atoms with Gasteiger partial charge >= 0.3 is 6.09 Å². The molecule has 102 valence electrons. The number of nitrogens with one attached hydrogen (secondary N) is 1. The quantitative estimate of drug-likeness (QED) is 0.840. The zero-order valence-corrected chi connectivity index (χ0v) is 11.6. The Morgan fingerprint density at radius 2 is 1.90 bits per heavy atom. The molecular formula is C17H17NO2. The minimum Gasteiger partial charge on any atom is -0.453 e. The molecule has 0 bridgehead atoms. The third-order valence-corrected chi connectivity index (χ3v) is 2.88. The Labute approximate surface area is 118 Å². The summed E-state index contributed by atoms with van der Waals surface area (Å²) in [5, 5.41) is 2.70. The van der Waals surface area contributed by atoms with Crippen LogP contribution in [0.15, 0.2) is 48.5 Å². The average molecular weight is 267 g/mol. The average Bonchev–Trinajstić information content (AvgIpc) is 2.46. The van der Waals surface area contributed by atoms with Gasteiger partial charge in [0.25, 0.3) is 0 Å². The van der Waals surface area contributed by atoms with Gasteiger partial charge in [0.05, 0.1) is 12.8 Å². The largest absolute Gasteiger partial charge is 0.453 e. The van der Waals surface area contributed by atoms with E-state index in [1.54, 1.807) is 0 Å². The van der Waals surface area contributed by atoms with E-state index in [0.29, 0.717) is 0 Å². The van der Waals surface area contributed by atoms with Crippen LogP contribution >= 0.6 is 0 Å². The number of aryl methyl sites for hydroxylation is 1. The van der Waals surface area contributed by atoms with Crippen LogP contribution < -0.4 is 5.32 Å². The second-order valence-corrected chi connectivity index (χ2v) is 4.45. The highest BCUT2D eigenvalue weighted by atomic mass is 16.5. The highest BCUT2D eigenvalue weighted by Gasteiger charge is 2.03. The van der Waals surface area contributed by atoms with E-state index in [1.807, 2.05) is 48.6 Å². The van der Waals surface area contributed by atoms with E-state index in [-0.39, 0.29) is 0 Å². The fourth-order valence-electron chi connectivity index (χ4n) is 1.88. The third-order valence-electron chi connectivity index (χ3n) is 2.88. The van der Waals surface area contributed by atoms with Gasteiger partial charge in [-0.2, -0.15) is 0 Å². The number of methoxy groups -OCH3 is 1. The van der Waals surface area contributed by atoms with E-state index in [0.717, 1.165) is 16.8 Å². The molecule has 0 unspecified atom stereocenters. The van der Waals surface area contributed by atoms with Gasteiger partial charge in [-0.1, -0.05) is 60.2 Å². The summed E-state index contributed by atoms with van der Waals surface area (Å²) in [6.45, 7) is 2.06. The van der Waals surface area contributed by atoms with E-state index in [2.05, 4.69) is 29.1 Å². The number of hydrogen-bond acceptors (Lipinski definition) is 2. The second kappa shape index (κ2) is 6.57. The van der Waals surface area contributed by atoms with Crippen LogP contribution in [0.1, 0.15) is 16.7 Å². The van der Waals surface area contributed by atoms with Crippen LogP contribution in [0.2, 0.25) is 0 Å². The molecule has 0 saturated carbocycles. The number of hydrogen-bond donors (Lipinski definition) is 1. The SMILES string of the molecule is COC(=O)Nc1ccccc1C=Cc1cccc(C)c1. The minimum atomic E-state index is -0.471. The molecule has 2 rings (SSSR count). The van der Waals surface area contributed by atoms with Crippen LogP contribution in [0.3, 0.4) is 0 Å². The molecule has 0 aliphatic carbocycles. The fraction of sp³-hybridized carbons (Fsp3) is 0.118. The first-order valence-electron chi connectivity index (χ1n) is 6.38. The number of anilines is 1. The number of carbonyl (C=O) groups is 1. The molecule has 0 heterocycles. The van der Waals surface area contributed by atoms with Crippen molar-refractivity contribution in [3.8, 4) is 0 Å². The predicted molar refractivity (Wildman–Crippen MR) is 82.6 cm³/mol. The summed E-state index contributed by atoms with van der Waals surface area (Å²) in [6.07, 6.45) is 3.52. The highest BCUT2D eigenvalue weighted by Crippen LogP contribution is 2.18. The first-order chi connectivity index (χ1) is 9.69. The number of rotatable bonds is 3. The maximum absolute atomic E-state index is 11.3. The number of para-hydroxylation sites is 1. The standard InChI is InChI=1S/C17H17NO2/c1-13-6-5-7-14(12-13)10-11-15-8-3-4-9-16(15)18-17(19)20-2/h3-12H,1-2H3,(H,18,19). The molecule has 1 N–H and O–H groups in total. The lowest BCUT2D eigenvalue weighted by Crippen LogP contribution is -2.11. The molecule has 0 radical (unpaired) electrons. The lowest BCUT2D eigenvalue weighted by Gasteiger charge is -2.07. The van der Waals surface area contributed by atoms with Gasteiger partial charge in [0.1, 0.15) is 0 Å². The number of ether oxygens (including phenoxy) is 1. The summed E-state index contributed by atoms with van der Waals surface area (Å²) in [5.41, 5.74) is 3.99. The van der Waals surface area contributed by atoms with Crippen molar-refractivity contribution in [2.24, 2.45) is 0 Å². The fourth-order valence-corrected chi connectivity index (χ4v) is 1.88. The van der Waals surface area contributed by atoms with Crippen molar-refractivity contribution in [1.82, 2.24) is 0 Å². The Bertz CT molecular complexity index is 632. The second-order valence-electron chi connectivity index (χ2n) is 4.45. The third kappa shape index (κ3) is 3.72. The van der Waals surface area contributed by atoms with Crippen LogP contribution in [0, 0.1) is 6.92 Å². The summed E-state index contributed by atoms with van der Waals surface area (Å²) >= 11 is 0. The Morgan fingerprint density at radius 3 is 2.65 bits per heavy atom. The molecule has 3 heteroatoms. The van der Waals surface area contributed by atoms with Gasteiger partial charge in [0, 0.05) is 0 Å². The van der Waals surface area contributed by atoms with Crippen molar-refractivity contribution < 1.29 is 9.53 Å². The maximum atomic E-state index is 11.3. The molecule has 3 nitrogen and oxygen atoms in total. The van der Waals surface area contributed by atoms with Gasteiger partial charge in [0.15, 0.2) is 0 Å². The van der Waals surface area contributed by atoms with Crippen molar-refractivity contribution in [3.05, 3.63) is 65.2 Å². The lowest BCUT2D eigenvalue weighted by molar-refractivity contribution is 0.187. The van der Waals surface area contributed by atoms with Crippen LogP contribution in [-0.2, 0) is 4.74 Å². The van der Waals surface area contributed by atoms with Crippen molar-refractivity contribution in [2.45, 2.75) is 6.92 Å². The van der Waals surface area contributed by atoms with Gasteiger partial charge in [-0.25, -0.2) is 4.79 Å². The van der Waals surface area contributed by atoms with Crippen molar-refractivity contribution in [2.75, 3.05) is 12.4 Å². The van der Waals surface area contributed by atoms with Gasteiger partial charge in [-0.05, 0) is 24.1 Å². The smallest absolute Gasteiger partial charge is 0.411 e. The molecule has 0 spiro atoms. The minimum absolute atomic E-state index is 0.471. The first kappa shape index (κ1) is 13.9.